The number of hydrogen-bond donors (Lipinski definition) is 2. The molecule has 0 atom stereocenters. The fourth-order valence-electron chi connectivity index (χ4n) is 3.33. The van der Waals surface area contributed by atoms with Crippen LogP contribution >= 0.6 is 15.9 Å². The van der Waals surface area contributed by atoms with Gasteiger partial charge < -0.3 is 29.3 Å². The van der Waals surface area contributed by atoms with E-state index in [1.807, 2.05) is 0 Å². The number of nitrogens with two attached hydrogens (primary N) is 1. The van der Waals surface area contributed by atoms with Gasteiger partial charge in [0.1, 0.15) is 24.7 Å². The molecule has 2 aromatic rings. The van der Waals surface area contributed by atoms with E-state index in [9.17, 15) is 24.5 Å². The van der Waals surface area contributed by atoms with Gasteiger partial charge in [-0.1, -0.05) is 18.1 Å². The van der Waals surface area contributed by atoms with Gasteiger partial charge in [0.2, 0.25) is 5.91 Å². The van der Waals surface area contributed by atoms with Crippen molar-refractivity contribution in [2.45, 2.75) is 6.92 Å². The number of nitrogens with zero attached hydrogens (tertiary/aromatic N) is 4. The maximum atomic E-state index is 12.0. The molecule has 2 aromatic carbocycles. The molecule has 0 bridgehead atoms. The molecule has 0 saturated heterocycles. The van der Waals surface area contributed by atoms with Gasteiger partial charge in [-0.3, -0.25) is 14.9 Å². The van der Waals surface area contributed by atoms with Crippen LogP contribution in [0.5, 0.6) is 11.5 Å². The van der Waals surface area contributed by atoms with Gasteiger partial charge in [0.25, 0.3) is 0 Å². The fourth-order valence-corrected chi connectivity index (χ4v) is 3.84. The Balaban J connectivity index is 2.58. The Morgan fingerprint density at radius 3 is 2.21 bits per heavy atom. The molecule has 42 heavy (non-hydrogen) atoms. The first-order valence-electron chi connectivity index (χ1n) is 11.8. The van der Waals surface area contributed by atoms with E-state index >= 15 is 0 Å². The predicted molar refractivity (Wildman–Crippen MR) is 153 cm³/mol. The highest BCUT2D eigenvalue weighted by atomic mass is 79.9. The Hall–Kier alpha value is -4.87. The number of methoxy groups -OCH3 is 1. The van der Waals surface area contributed by atoms with E-state index < -0.39 is 28.5 Å². The molecule has 0 saturated carbocycles. The second-order valence-electron chi connectivity index (χ2n) is 7.86. The topological polar surface area (TPSA) is 207 Å². The minimum Gasteiger partial charge on any atom is -0.494 e. The normalized spacial score (nSPS) is 10.5. The van der Waals surface area contributed by atoms with Gasteiger partial charge >= 0.3 is 17.6 Å². The van der Waals surface area contributed by atoms with Gasteiger partial charge in [0, 0.05) is 31.2 Å². The monoisotopic (exact) mass is 650 g/mol. The van der Waals surface area contributed by atoms with Crippen molar-refractivity contribution in [3.63, 3.8) is 0 Å². The summed E-state index contributed by atoms with van der Waals surface area (Å²) < 4.78 is 15.8. The van der Waals surface area contributed by atoms with E-state index in [0.717, 1.165) is 18.2 Å². The number of nitro groups is 1. The quantitative estimate of drug-likeness (QED) is 0.0654. The smallest absolute Gasteiger partial charge is 0.330 e. The number of hydrogen-bond acceptors (Lipinski definition) is 14. The number of carbonyl (C=O) groups excluding carboxylic acids is 3. The molecule has 16 nitrogen and oxygen atoms in total. The molecule has 0 heterocycles. The molecule has 0 fully saturated rings. The SMILES string of the molecule is C=CC(=O)OCCN(CCOC(=O)C=C)c1cc(NC(C)=O)c(/N=N/c2c(Br)cc(OON)cc2[N+](=O)[O-])cc1OC. The first-order valence-corrected chi connectivity index (χ1v) is 12.6. The van der Waals surface area contributed by atoms with Gasteiger partial charge in [-0.25, -0.2) is 9.59 Å². The summed E-state index contributed by atoms with van der Waals surface area (Å²) in [4.78, 5) is 56.5. The lowest BCUT2D eigenvalue weighted by Gasteiger charge is -2.27. The van der Waals surface area contributed by atoms with Crippen LogP contribution in [0.15, 0.2) is 64.3 Å². The highest BCUT2D eigenvalue weighted by Crippen LogP contribution is 2.43. The number of amides is 1. The maximum absolute atomic E-state index is 12.0. The summed E-state index contributed by atoms with van der Waals surface area (Å²) >= 11 is 3.19. The molecule has 1 amide bonds. The highest BCUT2D eigenvalue weighted by molar-refractivity contribution is 9.10. The summed E-state index contributed by atoms with van der Waals surface area (Å²) in [6.45, 7) is 8.10. The van der Waals surface area contributed by atoms with E-state index in [2.05, 4.69) is 54.5 Å². The number of esters is 2. The molecular formula is C25H27BrN6O10. The molecule has 17 heteroatoms. The summed E-state index contributed by atoms with van der Waals surface area (Å²) in [6, 6.07) is 5.30. The number of nitrogens with one attached hydrogen (secondary N) is 1. The first kappa shape index (κ1) is 33.3. The third kappa shape index (κ3) is 9.65. The minimum absolute atomic E-state index is 0.0626. The number of ether oxygens (including phenoxy) is 3. The molecular weight excluding hydrogens is 624 g/mol. The van der Waals surface area contributed by atoms with Gasteiger partial charge in [-0.15, -0.1) is 10.2 Å². The molecule has 0 spiro atoms. The Morgan fingerprint density at radius 2 is 1.71 bits per heavy atom. The molecule has 224 valence electrons. The zero-order chi connectivity index (χ0) is 31.2. The van der Waals surface area contributed by atoms with Crippen molar-refractivity contribution in [1.82, 2.24) is 0 Å². The van der Waals surface area contributed by atoms with E-state index in [0.29, 0.717) is 5.69 Å². The zero-order valence-corrected chi connectivity index (χ0v) is 24.1. The summed E-state index contributed by atoms with van der Waals surface area (Å²) in [5.74, 6) is 3.31. The van der Waals surface area contributed by atoms with E-state index in [1.165, 1.54) is 32.2 Å². The van der Waals surface area contributed by atoms with E-state index in [-0.39, 0.29) is 59.3 Å². The average molecular weight is 651 g/mol. The lowest BCUT2D eigenvalue weighted by Crippen LogP contribution is -2.32. The van der Waals surface area contributed by atoms with Crippen LogP contribution in [0.1, 0.15) is 6.92 Å². The van der Waals surface area contributed by atoms with Gasteiger partial charge in [0.15, 0.2) is 11.4 Å². The van der Waals surface area contributed by atoms with Gasteiger partial charge in [0.05, 0.1) is 47.0 Å². The second-order valence-corrected chi connectivity index (χ2v) is 8.72. The lowest BCUT2D eigenvalue weighted by atomic mass is 10.2. The van der Waals surface area contributed by atoms with Crippen LogP contribution in [0.25, 0.3) is 0 Å². The predicted octanol–water partition coefficient (Wildman–Crippen LogP) is 4.19. The second kappa shape index (κ2) is 16.4. The number of azo groups is 1. The Bertz CT molecular complexity index is 1360. The zero-order valence-electron chi connectivity index (χ0n) is 22.5. The number of rotatable bonds is 16. The van der Waals surface area contributed by atoms with Crippen molar-refractivity contribution >= 4 is 62.2 Å². The maximum Gasteiger partial charge on any atom is 0.330 e. The number of anilines is 2. The van der Waals surface area contributed by atoms with E-state index in [1.54, 1.807) is 4.90 Å². The fraction of sp³-hybridized carbons (Fsp3) is 0.240. The molecule has 0 aromatic heterocycles. The molecule has 0 aliphatic heterocycles. The van der Waals surface area contributed by atoms with Crippen LogP contribution in [0.2, 0.25) is 0 Å². The van der Waals surface area contributed by atoms with Crippen molar-refractivity contribution in [2.75, 3.05) is 43.6 Å². The Labute approximate surface area is 247 Å². The number of benzene rings is 2. The van der Waals surface area contributed by atoms with Crippen LogP contribution in [0.4, 0.5) is 28.4 Å². The third-order valence-corrected chi connectivity index (χ3v) is 5.71. The van der Waals surface area contributed by atoms with Gasteiger partial charge in [-0.2, -0.15) is 5.90 Å². The van der Waals surface area contributed by atoms with Crippen molar-refractivity contribution in [1.29, 1.82) is 0 Å². The van der Waals surface area contributed by atoms with Crippen LogP contribution in [0, 0.1) is 10.1 Å². The first-order chi connectivity index (χ1) is 20.0. The Kier molecular flexibility index (Phi) is 13.0. The summed E-state index contributed by atoms with van der Waals surface area (Å²) in [6.07, 6.45) is 2.03. The van der Waals surface area contributed by atoms with Gasteiger partial charge in [-0.05, 0) is 22.0 Å². The summed E-state index contributed by atoms with van der Waals surface area (Å²) in [7, 11) is 1.38. The van der Waals surface area contributed by atoms with Crippen LogP contribution in [-0.4, -0.2) is 56.2 Å². The highest BCUT2D eigenvalue weighted by Gasteiger charge is 2.22. The summed E-state index contributed by atoms with van der Waals surface area (Å²) in [5, 5.41) is 22.5. The number of halogens is 1. The minimum atomic E-state index is -0.711. The van der Waals surface area contributed by atoms with Crippen LogP contribution in [-0.2, 0) is 28.8 Å². The van der Waals surface area contributed by atoms with Crippen molar-refractivity contribution in [2.24, 2.45) is 16.1 Å². The van der Waals surface area contributed by atoms with Crippen molar-refractivity contribution < 1.29 is 43.4 Å². The van der Waals surface area contributed by atoms with E-state index in [4.69, 9.17) is 20.1 Å². The van der Waals surface area contributed by atoms with Crippen LogP contribution < -0.4 is 25.7 Å². The molecule has 0 aliphatic rings. The molecule has 0 aliphatic carbocycles. The molecule has 3 N–H and O–H groups in total. The average Bonchev–Trinajstić information content (AvgIpc) is 2.95. The third-order valence-electron chi connectivity index (χ3n) is 5.11. The van der Waals surface area contributed by atoms with Crippen LogP contribution in [0.3, 0.4) is 0 Å². The number of nitro benzene ring substituents is 1. The number of carbonyl (C=O) groups is 3. The Morgan fingerprint density at radius 1 is 1.10 bits per heavy atom. The molecule has 0 unspecified atom stereocenters. The molecule has 0 radical (unpaired) electrons. The standard InChI is InChI=1S/C25H27BrN6O10/c1-5-23(34)39-9-7-31(8-10-40-24(35)6-2)20-13-18(28-15(3)33)19(14-22(20)38-4)29-30-25-17(26)11-16(41-42-27)12-21(25)32(36)37/h5-6,11-14H,1-2,7-10,27H2,3-4H3,(H,28,33)/b30-29+. The van der Waals surface area contributed by atoms with Crippen molar-refractivity contribution in [3.8, 4) is 11.5 Å². The van der Waals surface area contributed by atoms with Crippen molar-refractivity contribution in [3.05, 3.63) is 64.2 Å². The molecule has 2 rings (SSSR count). The largest absolute Gasteiger partial charge is 0.494 e. The lowest BCUT2D eigenvalue weighted by molar-refractivity contribution is -0.384. The summed E-state index contributed by atoms with van der Waals surface area (Å²) in [5.41, 5.74) is -0.0165.